The predicted octanol–water partition coefficient (Wildman–Crippen LogP) is 0.592. The average molecular weight is 287 g/mol. The molecule has 1 N–H and O–H groups in total. The zero-order valence-corrected chi connectivity index (χ0v) is 12.2. The molecule has 2 aliphatic rings. The van der Waals surface area contributed by atoms with Gasteiger partial charge in [0.05, 0.1) is 5.88 Å². The molecule has 108 valence electrons. The normalized spacial score (nSPS) is 25.6. The Hall–Kier alpha value is -0.950. The highest BCUT2D eigenvalue weighted by Crippen LogP contribution is 2.24. The number of carbonyl (C=O) groups excluding carboxylic acids is 1. The number of carboxylic acid groups (broad SMARTS) is 1. The fraction of sp³-hybridized carbons (Fsp3) is 0.833. The molecular weight excluding hydrogens is 266 g/mol. The smallest absolute Gasteiger partial charge is 0.327 e. The quantitative estimate of drug-likeness (QED) is 0.805. The Labute approximate surface area is 117 Å². The summed E-state index contributed by atoms with van der Waals surface area (Å²) < 4.78 is 0. The van der Waals surface area contributed by atoms with E-state index in [4.69, 9.17) is 5.11 Å². The fourth-order valence-electron chi connectivity index (χ4n) is 2.58. The van der Waals surface area contributed by atoms with Gasteiger partial charge in [0.1, 0.15) is 6.04 Å². The minimum Gasteiger partial charge on any atom is -0.480 e. The lowest BCUT2D eigenvalue weighted by Crippen LogP contribution is -2.52. The van der Waals surface area contributed by atoms with Crippen LogP contribution in [-0.2, 0) is 4.79 Å². The molecule has 1 unspecified atom stereocenters. The first-order valence-electron chi connectivity index (χ1n) is 6.53. The van der Waals surface area contributed by atoms with E-state index in [0.29, 0.717) is 11.6 Å². The molecule has 0 radical (unpaired) electrons. The largest absolute Gasteiger partial charge is 0.480 e. The van der Waals surface area contributed by atoms with E-state index in [1.807, 2.05) is 0 Å². The predicted molar refractivity (Wildman–Crippen MR) is 74.3 cm³/mol. The van der Waals surface area contributed by atoms with E-state index >= 15 is 0 Å². The Morgan fingerprint density at radius 1 is 1.32 bits per heavy atom. The van der Waals surface area contributed by atoms with Crippen molar-refractivity contribution in [3.05, 3.63) is 0 Å². The number of hydrogen-bond donors (Lipinski definition) is 1. The lowest BCUT2D eigenvalue weighted by atomic mass is 10.0. The number of carbonyl (C=O) groups is 2. The summed E-state index contributed by atoms with van der Waals surface area (Å²) in [4.78, 5) is 29.0. The van der Waals surface area contributed by atoms with Crippen LogP contribution in [-0.4, -0.2) is 82.7 Å². The number of likely N-dealkylation sites (tertiary alicyclic amines) is 1. The van der Waals surface area contributed by atoms with Gasteiger partial charge >= 0.3 is 12.0 Å². The van der Waals surface area contributed by atoms with Crippen molar-refractivity contribution < 1.29 is 14.7 Å². The van der Waals surface area contributed by atoms with Crippen LogP contribution < -0.4 is 0 Å². The topological polar surface area (TPSA) is 64.1 Å². The highest BCUT2D eigenvalue weighted by Gasteiger charge is 2.37. The van der Waals surface area contributed by atoms with Gasteiger partial charge in [-0.2, -0.15) is 0 Å². The fourth-order valence-corrected chi connectivity index (χ4v) is 3.72. The molecule has 2 saturated heterocycles. The van der Waals surface area contributed by atoms with Crippen LogP contribution in [0.25, 0.3) is 0 Å². The molecule has 19 heavy (non-hydrogen) atoms. The van der Waals surface area contributed by atoms with Crippen molar-refractivity contribution in [2.45, 2.75) is 24.9 Å². The molecule has 0 saturated carbocycles. The maximum atomic E-state index is 12.4. The molecule has 0 aromatic heterocycles. The molecule has 2 rings (SSSR count). The van der Waals surface area contributed by atoms with E-state index in [0.717, 1.165) is 25.9 Å². The molecule has 0 aromatic carbocycles. The van der Waals surface area contributed by atoms with Crippen LogP contribution in [0.3, 0.4) is 0 Å². The number of aliphatic carboxylic acids is 1. The Bertz CT molecular complexity index is 358. The van der Waals surface area contributed by atoms with Crippen molar-refractivity contribution in [2.24, 2.45) is 0 Å². The average Bonchev–Trinajstić information content (AvgIpc) is 2.87. The number of carboxylic acids is 1. The molecule has 2 amide bonds. The van der Waals surface area contributed by atoms with Crippen molar-refractivity contribution in [3.63, 3.8) is 0 Å². The van der Waals surface area contributed by atoms with Crippen molar-refractivity contribution in [1.29, 1.82) is 0 Å². The van der Waals surface area contributed by atoms with Crippen molar-refractivity contribution >= 4 is 23.8 Å². The van der Waals surface area contributed by atoms with Crippen LogP contribution in [0.2, 0.25) is 0 Å². The third-order valence-corrected chi connectivity index (χ3v) is 4.96. The second-order valence-corrected chi connectivity index (χ2v) is 6.25. The van der Waals surface area contributed by atoms with Crippen LogP contribution in [0.5, 0.6) is 0 Å². The Morgan fingerprint density at radius 2 is 1.95 bits per heavy atom. The molecule has 0 aromatic rings. The second kappa shape index (κ2) is 6.00. The number of piperidine rings is 1. The van der Waals surface area contributed by atoms with Gasteiger partial charge in [0.25, 0.3) is 0 Å². The standard InChI is InChI=1S/C12H21N3O3S/c1-13-5-3-9(4-6-13)14(2)12(18)15-8-19-7-10(15)11(16)17/h9-10H,3-8H2,1-2H3,(H,16,17). The van der Waals surface area contributed by atoms with E-state index in [1.165, 1.54) is 16.7 Å². The van der Waals surface area contributed by atoms with E-state index in [2.05, 4.69) is 11.9 Å². The van der Waals surface area contributed by atoms with E-state index in [1.54, 1.807) is 11.9 Å². The van der Waals surface area contributed by atoms with Gasteiger partial charge in [-0.1, -0.05) is 0 Å². The molecule has 2 fully saturated rings. The highest BCUT2D eigenvalue weighted by atomic mass is 32.2. The first-order chi connectivity index (χ1) is 9.00. The molecule has 0 spiro atoms. The summed E-state index contributed by atoms with van der Waals surface area (Å²) in [5, 5.41) is 9.13. The third-order valence-electron chi connectivity index (χ3n) is 3.95. The summed E-state index contributed by atoms with van der Waals surface area (Å²) >= 11 is 1.50. The first kappa shape index (κ1) is 14.5. The molecular formula is C12H21N3O3S. The van der Waals surface area contributed by atoms with Crippen molar-refractivity contribution in [1.82, 2.24) is 14.7 Å². The van der Waals surface area contributed by atoms with Crippen LogP contribution in [0, 0.1) is 0 Å². The molecule has 0 bridgehead atoms. The van der Waals surface area contributed by atoms with Crippen LogP contribution in [0.4, 0.5) is 4.79 Å². The molecule has 6 nitrogen and oxygen atoms in total. The summed E-state index contributed by atoms with van der Waals surface area (Å²) in [7, 11) is 3.87. The maximum absolute atomic E-state index is 12.4. The van der Waals surface area contributed by atoms with Crippen LogP contribution in [0.1, 0.15) is 12.8 Å². The number of urea groups is 1. The van der Waals surface area contributed by atoms with E-state index in [-0.39, 0.29) is 12.1 Å². The van der Waals surface area contributed by atoms with Gasteiger partial charge in [-0.05, 0) is 33.0 Å². The van der Waals surface area contributed by atoms with Gasteiger partial charge in [0.2, 0.25) is 0 Å². The lowest BCUT2D eigenvalue weighted by molar-refractivity contribution is -0.141. The Balaban J connectivity index is 1.96. The zero-order chi connectivity index (χ0) is 14.0. The molecule has 1 atom stereocenters. The molecule has 7 heteroatoms. The Morgan fingerprint density at radius 3 is 2.53 bits per heavy atom. The van der Waals surface area contributed by atoms with E-state index in [9.17, 15) is 9.59 Å². The van der Waals surface area contributed by atoms with Gasteiger partial charge < -0.3 is 19.8 Å². The van der Waals surface area contributed by atoms with Gasteiger partial charge in [0.15, 0.2) is 0 Å². The lowest BCUT2D eigenvalue weighted by Gasteiger charge is -2.37. The number of rotatable bonds is 2. The maximum Gasteiger partial charge on any atom is 0.327 e. The first-order valence-corrected chi connectivity index (χ1v) is 7.68. The van der Waals surface area contributed by atoms with Gasteiger partial charge in [0, 0.05) is 18.8 Å². The summed E-state index contributed by atoms with van der Waals surface area (Å²) in [6, 6.07) is -0.595. The molecule has 0 aliphatic carbocycles. The van der Waals surface area contributed by atoms with Gasteiger partial charge in [-0.15, -0.1) is 11.8 Å². The zero-order valence-electron chi connectivity index (χ0n) is 11.4. The second-order valence-electron chi connectivity index (χ2n) is 5.25. The van der Waals surface area contributed by atoms with Crippen molar-refractivity contribution in [3.8, 4) is 0 Å². The van der Waals surface area contributed by atoms with Crippen molar-refractivity contribution in [2.75, 3.05) is 38.8 Å². The minimum atomic E-state index is -0.907. The molecule has 2 heterocycles. The Kier molecular flexibility index (Phi) is 4.57. The molecule has 2 aliphatic heterocycles. The van der Waals surface area contributed by atoms with Gasteiger partial charge in [-0.3, -0.25) is 0 Å². The monoisotopic (exact) mass is 287 g/mol. The van der Waals surface area contributed by atoms with Crippen LogP contribution in [0.15, 0.2) is 0 Å². The SMILES string of the molecule is CN1CCC(N(C)C(=O)N2CSCC2C(=O)O)CC1. The summed E-state index contributed by atoms with van der Waals surface area (Å²) in [5.74, 6) is 0.0601. The summed E-state index contributed by atoms with van der Waals surface area (Å²) in [6.07, 6.45) is 1.91. The number of thioether (sulfide) groups is 1. The number of hydrogen-bond acceptors (Lipinski definition) is 4. The number of amides is 2. The minimum absolute atomic E-state index is 0.146. The number of nitrogens with zero attached hydrogens (tertiary/aromatic N) is 3. The summed E-state index contributed by atoms with van der Waals surface area (Å²) in [5.41, 5.74) is 0. The van der Waals surface area contributed by atoms with E-state index < -0.39 is 12.0 Å². The van der Waals surface area contributed by atoms with Crippen LogP contribution >= 0.6 is 11.8 Å². The summed E-state index contributed by atoms with van der Waals surface area (Å²) in [6.45, 7) is 1.97. The van der Waals surface area contributed by atoms with Gasteiger partial charge in [-0.25, -0.2) is 9.59 Å². The third kappa shape index (κ3) is 3.14. The highest BCUT2D eigenvalue weighted by molar-refractivity contribution is 7.99.